The number of carbonyl (C=O) groups is 1. The van der Waals surface area contributed by atoms with Gasteiger partial charge in [-0.1, -0.05) is 36.8 Å². The van der Waals surface area contributed by atoms with Gasteiger partial charge in [0.2, 0.25) is 5.91 Å². The maximum Gasteiger partial charge on any atom is 0.244 e. The molecule has 1 N–H and O–H groups in total. The molecule has 1 aromatic rings. The minimum Gasteiger partial charge on any atom is -0.352 e. The van der Waals surface area contributed by atoms with E-state index in [2.05, 4.69) is 5.32 Å². The maximum absolute atomic E-state index is 11.8. The number of nitrogens with one attached hydrogen (secondary N) is 1. The van der Waals surface area contributed by atoms with Crippen molar-refractivity contribution in [2.75, 3.05) is 6.54 Å². The van der Waals surface area contributed by atoms with Gasteiger partial charge in [-0.3, -0.25) is 4.79 Å². The first-order valence-electron chi connectivity index (χ1n) is 7.32. The summed E-state index contributed by atoms with van der Waals surface area (Å²) in [7, 11) is 0. The number of rotatable bonds is 4. The van der Waals surface area contributed by atoms with Gasteiger partial charge in [0.15, 0.2) is 0 Å². The van der Waals surface area contributed by atoms with E-state index in [1.807, 2.05) is 36.4 Å². The van der Waals surface area contributed by atoms with E-state index >= 15 is 0 Å². The lowest BCUT2D eigenvalue weighted by molar-refractivity contribution is -0.116. The van der Waals surface area contributed by atoms with E-state index in [1.54, 1.807) is 6.08 Å². The van der Waals surface area contributed by atoms with Gasteiger partial charge in [-0.05, 0) is 48.7 Å². The Morgan fingerprint density at radius 3 is 2.74 bits per heavy atom. The van der Waals surface area contributed by atoms with Crippen molar-refractivity contribution in [3.63, 3.8) is 0 Å². The highest BCUT2D eigenvalue weighted by molar-refractivity contribution is 5.91. The van der Waals surface area contributed by atoms with E-state index in [-0.39, 0.29) is 5.91 Å². The lowest BCUT2D eigenvalue weighted by Crippen LogP contribution is -2.30. The molecule has 0 spiro atoms. The fourth-order valence-electron chi connectivity index (χ4n) is 3.65. The number of hydrogen-bond donors (Lipinski definition) is 1. The summed E-state index contributed by atoms with van der Waals surface area (Å²) in [5.74, 6) is 2.59. The van der Waals surface area contributed by atoms with Crippen LogP contribution in [0.5, 0.6) is 0 Å². The molecule has 0 aliphatic heterocycles. The van der Waals surface area contributed by atoms with Gasteiger partial charge in [0.05, 0.1) is 0 Å². The van der Waals surface area contributed by atoms with Crippen LogP contribution in [0.4, 0.5) is 0 Å². The average Bonchev–Trinajstić information content (AvgIpc) is 3.06. The average molecular weight is 255 g/mol. The normalized spacial score (nSPS) is 28.9. The second-order valence-corrected chi connectivity index (χ2v) is 5.92. The highest BCUT2D eigenvalue weighted by Gasteiger charge is 2.39. The predicted molar refractivity (Wildman–Crippen MR) is 77.4 cm³/mol. The summed E-state index contributed by atoms with van der Waals surface area (Å²) in [6, 6.07) is 9.94. The third-order valence-electron chi connectivity index (χ3n) is 4.65. The quantitative estimate of drug-likeness (QED) is 0.822. The number of carbonyl (C=O) groups excluding carboxylic acids is 1. The molecule has 2 heteroatoms. The standard InChI is InChI=1S/C17H21NO/c19-17(9-7-13-4-2-1-3-5-13)18-12-16-11-14-6-8-15(16)10-14/h1-5,7,9,14-16H,6,8,10-12H2,(H,18,19)/b9-7+/t14-,15-,16-/m1/s1. The van der Waals surface area contributed by atoms with Crippen LogP contribution in [-0.4, -0.2) is 12.5 Å². The molecule has 2 aliphatic carbocycles. The zero-order valence-corrected chi connectivity index (χ0v) is 11.2. The Morgan fingerprint density at radius 2 is 2.05 bits per heavy atom. The third-order valence-corrected chi connectivity index (χ3v) is 4.65. The fourth-order valence-corrected chi connectivity index (χ4v) is 3.65. The van der Waals surface area contributed by atoms with E-state index in [0.29, 0.717) is 0 Å². The molecule has 2 fully saturated rings. The van der Waals surface area contributed by atoms with Gasteiger partial charge >= 0.3 is 0 Å². The van der Waals surface area contributed by atoms with Gasteiger partial charge in [0.25, 0.3) is 0 Å². The van der Waals surface area contributed by atoms with Crippen LogP contribution in [-0.2, 0) is 4.79 Å². The number of amides is 1. The summed E-state index contributed by atoms with van der Waals surface area (Å²) in [6.07, 6.45) is 9.04. The lowest BCUT2D eigenvalue weighted by Gasteiger charge is -2.21. The van der Waals surface area contributed by atoms with Crippen molar-refractivity contribution in [1.29, 1.82) is 0 Å². The van der Waals surface area contributed by atoms with Gasteiger partial charge in [-0.25, -0.2) is 0 Å². The molecule has 1 amide bonds. The molecule has 3 rings (SSSR count). The molecule has 2 saturated carbocycles. The van der Waals surface area contributed by atoms with Crippen LogP contribution in [0.25, 0.3) is 6.08 Å². The van der Waals surface area contributed by atoms with Crippen molar-refractivity contribution in [1.82, 2.24) is 5.32 Å². The van der Waals surface area contributed by atoms with Crippen molar-refractivity contribution in [3.05, 3.63) is 42.0 Å². The predicted octanol–water partition coefficient (Wildman–Crippen LogP) is 3.25. The van der Waals surface area contributed by atoms with Crippen LogP contribution in [0.2, 0.25) is 0 Å². The molecule has 0 heterocycles. The molecule has 0 radical (unpaired) electrons. The largest absolute Gasteiger partial charge is 0.352 e. The SMILES string of the molecule is O=C(/C=C/c1ccccc1)NC[C@H]1C[C@@H]2CC[C@@H]1C2. The van der Waals surface area contributed by atoms with Crippen LogP contribution >= 0.6 is 0 Å². The number of hydrogen-bond acceptors (Lipinski definition) is 1. The molecule has 3 atom stereocenters. The summed E-state index contributed by atoms with van der Waals surface area (Å²) < 4.78 is 0. The second-order valence-electron chi connectivity index (χ2n) is 5.92. The van der Waals surface area contributed by atoms with E-state index in [1.165, 1.54) is 25.7 Å². The molecular weight excluding hydrogens is 234 g/mol. The molecular formula is C17H21NO. The van der Waals surface area contributed by atoms with Crippen LogP contribution in [0.1, 0.15) is 31.2 Å². The van der Waals surface area contributed by atoms with Gasteiger partial charge in [0, 0.05) is 12.6 Å². The first kappa shape index (κ1) is 12.5. The minimum atomic E-state index is 0.0339. The summed E-state index contributed by atoms with van der Waals surface area (Å²) in [6.45, 7) is 0.860. The highest BCUT2D eigenvalue weighted by atomic mass is 16.1. The lowest BCUT2D eigenvalue weighted by atomic mass is 9.89. The summed E-state index contributed by atoms with van der Waals surface area (Å²) in [5.41, 5.74) is 1.07. The molecule has 1 aromatic carbocycles. The van der Waals surface area contributed by atoms with E-state index in [4.69, 9.17) is 0 Å². The molecule has 0 saturated heterocycles. The minimum absolute atomic E-state index is 0.0339. The Morgan fingerprint density at radius 1 is 1.21 bits per heavy atom. The highest BCUT2D eigenvalue weighted by Crippen LogP contribution is 2.47. The summed E-state index contributed by atoms with van der Waals surface area (Å²) in [5, 5.41) is 3.05. The molecule has 100 valence electrons. The van der Waals surface area contributed by atoms with Crippen molar-refractivity contribution in [3.8, 4) is 0 Å². The Balaban J connectivity index is 1.46. The van der Waals surface area contributed by atoms with E-state index in [0.717, 1.165) is 29.9 Å². The van der Waals surface area contributed by atoms with Crippen molar-refractivity contribution < 1.29 is 4.79 Å². The Bertz CT molecular complexity index is 465. The maximum atomic E-state index is 11.8. The van der Waals surface area contributed by atoms with Crippen LogP contribution in [0.3, 0.4) is 0 Å². The Labute approximate surface area is 114 Å². The second kappa shape index (κ2) is 5.60. The first-order valence-corrected chi connectivity index (χ1v) is 7.32. The van der Waals surface area contributed by atoms with Gasteiger partial charge in [-0.15, -0.1) is 0 Å². The van der Waals surface area contributed by atoms with Gasteiger partial charge in [-0.2, -0.15) is 0 Å². The number of benzene rings is 1. The smallest absolute Gasteiger partial charge is 0.244 e. The van der Waals surface area contributed by atoms with Gasteiger partial charge in [0.1, 0.15) is 0 Å². The topological polar surface area (TPSA) is 29.1 Å². The van der Waals surface area contributed by atoms with Crippen LogP contribution in [0.15, 0.2) is 36.4 Å². The monoisotopic (exact) mass is 255 g/mol. The summed E-state index contributed by atoms with van der Waals surface area (Å²) in [4.78, 5) is 11.8. The molecule has 2 nitrogen and oxygen atoms in total. The van der Waals surface area contributed by atoms with Crippen LogP contribution < -0.4 is 5.32 Å². The van der Waals surface area contributed by atoms with Crippen molar-refractivity contribution in [2.45, 2.75) is 25.7 Å². The Hall–Kier alpha value is -1.57. The van der Waals surface area contributed by atoms with Gasteiger partial charge < -0.3 is 5.32 Å². The van der Waals surface area contributed by atoms with Crippen molar-refractivity contribution >= 4 is 12.0 Å². The fraction of sp³-hybridized carbons (Fsp3) is 0.471. The Kier molecular flexibility index (Phi) is 3.67. The summed E-state index contributed by atoms with van der Waals surface area (Å²) >= 11 is 0. The van der Waals surface area contributed by atoms with E-state index < -0.39 is 0 Å². The molecule has 2 aliphatic rings. The zero-order chi connectivity index (χ0) is 13.1. The molecule has 0 unspecified atom stereocenters. The van der Waals surface area contributed by atoms with E-state index in [9.17, 15) is 4.79 Å². The molecule has 19 heavy (non-hydrogen) atoms. The van der Waals surface area contributed by atoms with Crippen LogP contribution in [0, 0.1) is 17.8 Å². The number of fused-ring (bicyclic) bond motifs is 2. The first-order chi connectivity index (χ1) is 9.31. The van der Waals surface area contributed by atoms with Crippen molar-refractivity contribution in [2.24, 2.45) is 17.8 Å². The molecule has 2 bridgehead atoms. The third kappa shape index (κ3) is 3.06. The molecule has 0 aromatic heterocycles. The zero-order valence-electron chi connectivity index (χ0n) is 11.2.